The molecule has 0 spiro atoms. The highest BCUT2D eigenvalue weighted by molar-refractivity contribution is 5.48. The first-order valence-electron chi connectivity index (χ1n) is 6.95. The molecule has 0 saturated carbocycles. The Morgan fingerprint density at radius 3 is 2.48 bits per heavy atom. The largest absolute Gasteiger partial charge is 0.493 e. The molecule has 0 fully saturated rings. The lowest BCUT2D eigenvalue weighted by Crippen LogP contribution is -2.31. The Kier molecular flexibility index (Phi) is 4.82. The van der Waals surface area contributed by atoms with Gasteiger partial charge in [-0.25, -0.2) is 5.43 Å². The minimum atomic E-state index is -0.168. The first-order valence-corrected chi connectivity index (χ1v) is 6.95. The molecule has 114 valence electrons. The molecule has 6 nitrogen and oxygen atoms in total. The van der Waals surface area contributed by atoms with Crippen LogP contribution < -0.4 is 20.9 Å². The van der Waals surface area contributed by atoms with Crippen molar-refractivity contribution in [2.45, 2.75) is 19.5 Å². The average molecular weight is 289 g/mol. The molecule has 2 rings (SSSR count). The fraction of sp³-hybridized carbons (Fsp3) is 0.400. The summed E-state index contributed by atoms with van der Waals surface area (Å²) in [6.45, 7) is 2.80. The van der Waals surface area contributed by atoms with E-state index in [0.717, 1.165) is 29.2 Å². The highest BCUT2D eigenvalue weighted by Gasteiger charge is 2.22. The number of anilines is 1. The van der Waals surface area contributed by atoms with Gasteiger partial charge in [0.15, 0.2) is 5.75 Å². The van der Waals surface area contributed by atoms with E-state index in [1.807, 2.05) is 25.7 Å². The normalized spacial score (nSPS) is 12.2. The summed E-state index contributed by atoms with van der Waals surface area (Å²) >= 11 is 0. The van der Waals surface area contributed by atoms with Gasteiger partial charge in [-0.05, 0) is 24.6 Å². The van der Waals surface area contributed by atoms with Crippen LogP contribution in [0.3, 0.4) is 0 Å². The van der Waals surface area contributed by atoms with Crippen LogP contribution in [-0.2, 0) is 6.54 Å². The van der Waals surface area contributed by atoms with Crippen LogP contribution in [0.4, 0.5) is 5.69 Å². The van der Waals surface area contributed by atoms with E-state index in [1.165, 1.54) is 0 Å². The van der Waals surface area contributed by atoms with Crippen LogP contribution in [0.25, 0.3) is 0 Å². The Bertz CT molecular complexity index is 555. The van der Waals surface area contributed by atoms with Crippen molar-refractivity contribution in [3.63, 3.8) is 0 Å². The number of benzene rings is 1. The van der Waals surface area contributed by atoms with Crippen molar-refractivity contribution in [2.24, 2.45) is 5.84 Å². The number of hydrazine groups is 1. The molecule has 0 saturated heterocycles. The summed E-state index contributed by atoms with van der Waals surface area (Å²) in [7, 11) is 5.68. The third kappa shape index (κ3) is 3.01. The summed E-state index contributed by atoms with van der Waals surface area (Å²) in [5.74, 6) is 6.52. The highest BCUT2D eigenvalue weighted by Crippen LogP contribution is 2.30. The van der Waals surface area contributed by atoms with Crippen LogP contribution in [0, 0.1) is 0 Å². The standard InChI is InChI=1S/C15H23N5O/c1-5-20-15(13(21-4)10-17-20)14(18-16)11-6-8-12(9-7-11)19(2)3/h6-10,14,18H,5,16H2,1-4H3. The van der Waals surface area contributed by atoms with Gasteiger partial charge in [0.25, 0.3) is 0 Å². The molecule has 1 heterocycles. The molecule has 0 aliphatic rings. The maximum Gasteiger partial charge on any atom is 0.161 e. The van der Waals surface area contributed by atoms with Crippen molar-refractivity contribution in [3.8, 4) is 5.75 Å². The summed E-state index contributed by atoms with van der Waals surface area (Å²) in [5, 5.41) is 4.33. The third-order valence-corrected chi connectivity index (χ3v) is 3.55. The molecule has 0 amide bonds. The molecule has 0 aliphatic heterocycles. The molecule has 0 aliphatic carbocycles. The van der Waals surface area contributed by atoms with E-state index >= 15 is 0 Å². The third-order valence-electron chi connectivity index (χ3n) is 3.55. The second-order valence-electron chi connectivity index (χ2n) is 5.00. The van der Waals surface area contributed by atoms with Gasteiger partial charge in [-0.15, -0.1) is 0 Å². The first kappa shape index (κ1) is 15.3. The Morgan fingerprint density at radius 1 is 1.33 bits per heavy atom. The Labute approximate surface area is 125 Å². The summed E-state index contributed by atoms with van der Waals surface area (Å²) < 4.78 is 7.30. The number of nitrogens with zero attached hydrogens (tertiary/aromatic N) is 3. The van der Waals surface area contributed by atoms with Crippen LogP contribution in [0.5, 0.6) is 5.75 Å². The Morgan fingerprint density at radius 2 is 2.00 bits per heavy atom. The first-order chi connectivity index (χ1) is 10.1. The zero-order valence-corrected chi connectivity index (χ0v) is 13.0. The second-order valence-corrected chi connectivity index (χ2v) is 5.00. The molecule has 3 N–H and O–H groups in total. The fourth-order valence-corrected chi connectivity index (χ4v) is 2.38. The van der Waals surface area contributed by atoms with Gasteiger partial charge in [-0.3, -0.25) is 10.5 Å². The van der Waals surface area contributed by atoms with E-state index < -0.39 is 0 Å². The molecular formula is C15H23N5O. The van der Waals surface area contributed by atoms with Gasteiger partial charge in [0, 0.05) is 26.3 Å². The van der Waals surface area contributed by atoms with Crippen molar-refractivity contribution < 1.29 is 4.74 Å². The van der Waals surface area contributed by atoms with Gasteiger partial charge < -0.3 is 9.64 Å². The zero-order valence-electron chi connectivity index (χ0n) is 13.0. The highest BCUT2D eigenvalue weighted by atomic mass is 16.5. The van der Waals surface area contributed by atoms with E-state index in [1.54, 1.807) is 13.3 Å². The number of hydrogen-bond acceptors (Lipinski definition) is 5. The summed E-state index contributed by atoms with van der Waals surface area (Å²) in [4.78, 5) is 2.06. The van der Waals surface area contributed by atoms with Gasteiger partial charge in [0.1, 0.15) is 5.69 Å². The van der Waals surface area contributed by atoms with Gasteiger partial charge >= 0.3 is 0 Å². The fourth-order valence-electron chi connectivity index (χ4n) is 2.38. The quantitative estimate of drug-likeness (QED) is 0.623. The number of nitrogens with two attached hydrogens (primary N) is 1. The maximum atomic E-state index is 5.78. The summed E-state index contributed by atoms with van der Waals surface area (Å²) in [6, 6.07) is 8.09. The molecule has 1 atom stereocenters. The van der Waals surface area contributed by atoms with Crippen molar-refractivity contribution >= 4 is 5.69 Å². The van der Waals surface area contributed by atoms with Gasteiger partial charge in [0.2, 0.25) is 0 Å². The minimum absolute atomic E-state index is 0.168. The zero-order chi connectivity index (χ0) is 15.4. The maximum absolute atomic E-state index is 5.78. The van der Waals surface area contributed by atoms with E-state index in [2.05, 4.69) is 39.7 Å². The Hall–Kier alpha value is -2.05. The molecule has 21 heavy (non-hydrogen) atoms. The molecule has 6 heteroatoms. The lowest BCUT2D eigenvalue weighted by molar-refractivity contribution is 0.399. The number of ether oxygens (including phenoxy) is 1. The molecular weight excluding hydrogens is 266 g/mol. The number of nitrogens with one attached hydrogen (secondary N) is 1. The monoisotopic (exact) mass is 289 g/mol. The lowest BCUT2D eigenvalue weighted by atomic mass is 10.0. The molecule has 1 aromatic carbocycles. The second kappa shape index (κ2) is 6.60. The van der Waals surface area contributed by atoms with Gasteiger partial charge in [0.05, 0.1) is 19.3 Å². The van der Waals surface area contributed by atoms with E-state index in [0.29, 0.717) is 0 Å². The van der Waals surface area contributed by atoms with Crippen LogP contribution in [0.2, 0.25) is 0 Å². The average Bonchev–Trinajstić information content (AvgIpc) is 2.91. The van der Waals surface area contributed by atoms with Crippen molar-refractivity contribution in [2.75, 3.05) is 26.1 Å². The topological polar surface area (TPSA) is 68.3 Å². The summed E-state index contributed by atoms with van der Waals surface area (Å²) in [6.07, 6.45) is 1.72. The molecule has 2 aromatic rings. The van der Waals surface area contributed by atoms with Crippen molar-refractivity contribution in [3.05, 3.63) is 41.7 Å². The minimum Gasteiger partial charge on any atom is -0.493 e. The number of aryl methyl sites for hydroxylation is 1. The van der Waals surface area contributed by atoms with Crippen LogP contribution in [0.15, 0.2) is 30.5 Å². The van der Waals surface area contributed by atoms with Crippen LogP contribution in [0.1, 0.15) is 24.2 Å². The van der Waals surface area contributed by atoms with Gasteiger partial charge in [-0.1, -0.05) is 12.1 Å². The molecule has 1 aromatic heterocycles. The summed E-state index contributed by atoms with van der Waals surface area (Å²) in [5.41, 5.74) is 6.01. The number of hydrogen-bond donors (Lipinski definition) is 2. The lowest BCUT2D eigenvalue weighted by Gasteiger charge is -2.20. The molecule has 1 unspecified atom stereocenters. The molecule has 0 radical (unpaired) electrons. The smallest absolute Gasteiger partial charge is 0.161 e. The predicted molar refractivity (Wildman–Crippen MR) is 84.4 cm³/mol. The van der Waals surface area contributed by atoms with E-state index in [9.17, 15) is 0 Å². The van der Waals surface area contributed by atoms with Crippen LogP contribution >= 0.6 is 0 Å². The Balaban J connectivity index is 2.41. The van der Waals surface area contributed by atoms with Crippen molar-refractivity contribution in [1.82, 2.24) is 15.2 Å². The molecule has 0 bridgehead atoms. The SMILES string of the molecule is CCn1ncc(OC)c1C(NN)c1ccc(N(C)C)cc1. The van der Waals surface area contributed by atoms with E-state index in [4.69, 9.17) is 10.6 Å². The van der Waals surface area contributed by atoms with Gasteiger partial charge in [-0.2, -0.15) is 5.10 Å². The predicted octanol–water partition coefficient (Wildman–Crippen LogP) is 1.53. The number of aromatic nitrogens is 2. The number of methoxy groups -OCH3 is 1. The van der Waals surface area contributed by atoms with E-state index in [-0.39, 0.29) is 6.04 Å². The van der Waals surface area contributed by atoms with Crippen molar-refractivity contribution in [1.29, 1.82) is 0 Å². The van der Waals surface area contributed by atoms with Crippen LogP contribution in [-0.4, -0.2) is 31.0 Å². The number of rotatable bonds is 6.